The number of hydrogen-bond acceptors (Lipinski definition) is 3. The zero-order valence-corrected chi connectivity index (χ0v) is 17.8. The van der Waals surface area contributed by atoms with Crippen LogP contribution < -0.4 is 16.2 Å². The molecule has 3 atom stereocenters. The number of amides is 1. The van der Waals surface area contributed by atoms with Crippen molar-refractivity contribution in [3.05, 3.63) is 34.2 Å². The highest BCUT2D eigenvalue weighted by Gasteiger charge is 2.38. The van der Waals surface area contributed by atoms with Crippen LogP contribution in [0.25, 0.3) is 0 Å². The summed E-state index contributed by atoms with van der Waals surface area (Å²) in [5.41, 5.74) is 1.07. The molecule has 0 aromatic carbocycles. The second-order valence-corrected chi connectivity index (χ2v) is 9.70. The Labute approximate surface area is 178 Å². The zero-order chi connectivity index (χ0) is 19.8. The molecular weight excluding hydrogens is 431 g/mol. The number of aromatic nitrogens is 1. The molecule has 6 nitrogen and oxygen atoms in total. The van der Waals surface area contributed by atoms with Gasteiger partial charge in [-0.15, -0.1) is 0 Å². The van der Waals surface area contributed by atoms with Crippen molar-refractivity contribution < 1.29 is 4.79 Å². The van der Waals surface area contributed by atoms with Gasteiger partial charge in [0.15, 0.2) is 5.11 Å². The molecule has 2 aliphatic rings. The van der Waals surface area contributed by atoms with Gasteiger partial charge in [-0.05, 0) is 30.6 Å². The fraction of sp³-hybridized carbons (Fsp3) is 0.588. The lowest BCUT2D eigenvalue weighted by Gasteiger charge is -2.44. The first-order chi connectivity index (χ1) is 12.7. The number of hydrogen-bond donors (Lipinski definition) is 2. The van der Waals surface area contributed by atoms with Crippen LogP contribution in [0.1, 0.15) is 31.4 Å². The fourth-order valence-electron chi connectivity index (χ4n) is 3.74. The molecule has 1 fully saturated rings. The van der Waals surface area contributed by atoms with E-state index in [0.717, 1.165) is 12.1 Å². The molecule has 1 aromatic rings. The van der Waals surface area contributed by atoms with E-state index in [0.29, 0.717) is 30.7 Å². The van der Waals surface area contributed by atoms with Gasteiger partial charge in [0.2, 0.25) is 9.70 Å². The van der Waals surface area contributed by atoms with Crippen LogP contribution in [0, 0.1) is 5.92 Å². The van der Waals surface area contributed by atoms with E-state index < -0.39 is 9.96 Å². The number of thiocarbonyl (C=S) groups is 1. The number of fused-ring (bicyclic) bond motifs is 4. The Kier molecular flexibility index (Phi) is 6.25. The largest absolute Gasteiger partial charge is 0.348 e. The van der Waals surface area contributed by atoms with Crippen molar-refractivity contribution in [3.8, 4) is 0 Å². The molecule has 2 aliphatic heterocycles. The Morgan fingerprint density at radius 1 is 1.30 bits per heavy atom. The highest BCUT2D eigenvalue weighted by atomic mass is 35.6. The maximum atomic E-state index is 12.1. The Bertz CT molecular complexity index is 795. The molecule has 3 heterocycles. The Morgan fingerprint density at radius 2 is 2.04 bits per heavy atom. The van der Waals surface area contributed by atoms with Crippen LogP contribution in [0.15, 0.2) is 23.0 Å². The predicted molar refractivity (Wildman–Crippen MR) is 111 cm³/mol. The van der Waals surface area contributed by atoms with Crippen molar-refractivity contribution >= 4 is 58.0 Å². The molecular formula is C17H21Cl3N4O2S. The molecule has 1 amide bonds. The van der Waals surface area contributed by atoms with Gasteiger partial charge in [-0.3, -0.25) is 9.59 Å². The molecule has 1 saturated heterocycles. The van der Waals surface area contributed by atoms with Gasteiger partial charge in [0.25, 0.3) is 5.56 Å². The lowest BCUT2D eigenvalue weighted by atomic mass is 9.83. The lowest BCUT2D eigenvalue weighted by Crippen LogP contribution is -2.60. The number of halogens is 3. The summed E-state index contributed by atoms with van der Waals surface area (Å²) in [7, 11) is 0. The van der Waals surface area contributed by atoms with Gasteiger partial charge in [0, 0.05) is 43.7 Å². The number of nitrogens with one attached hydrogen (secondary N) is 2. The molecule has 0 radical (unpaired) electrons. The second kappa shape index (κ2) is 8.15. The zero-order valence-electron chi connectivity index (χ0n) is 14.8. The van der Waals surface area contributed by atoms with Gasteiger partial charge in [-0.1, -0.05) is 47.8 Å². The van der Waals surface area contributed by atoms with E-state index in [1.54, 1.807) is 19.1 Å². The minimum absolute atomic E-state index is 0.0369. The molecule has 2 bridgehead atoms. The van der Waals surface area contributed by atoms with E-state index >= 15 is 0 Å². The Balaban J connectivity index is 1.73. The van der Waals surface area contributed by atoms with Crippen LogP contribution in [-0.4, -0.2) is 43.5 Å². The number of alkyl halides is 3. The molecule has 1 aromatic heterocycles. The van der Waals surface area contributed by atoms with Crippen LogP contribution in [0.2, 0.25) is 0 Å². The van der Waals surface area contributed by atoms with Crippen LogP contribution in [0.4, 0.5) is 0 Å². The first-order valence-corrected chi connectivity index (χ1v) is 10.3. The molecule has 0 spiro atoms. The summed E-state index contributed by atoms with van der Waals surface area (Å²) in [5.74, 6) is 0.278. The predicted octanol–water partition coefficient (Wildman–Crippen LogP) is 2.36. The first kappa shape index (κ1) is 20.7. The van der Waals surface area contributed by atoms with Crippen molar-refractivity contribution in [1.82, 2.24) is 20.1 Å². The van der Waals surface area contributed by atoms with Gasteiger partial charge in [-0.25, -0.2) is 0 Å². The minimum Gasteiger partial charge on any atom is -0.348 e. The molecule has 0 saturated carbocycles. The molecule has 148 valence electrons. The van der Waals surface area contributed by atoms with Gasteiger partial charge in [0.1, 0.15) is 6.17 Å². The Morgan fingerprint density at radius 3 is 2.70 bits per heavy atom. The minimum atomic E-state index is -1.75. The van der Waals surface area contributed by atoms with Gasteiger partial charge in [0.05, 0.1) is 0 Å². The summed E-state index contributed by atoms with van der Waals surface area (Å²) >= 11 is 23.5. The second-order valence-electron chi connectivity index (χ2n) is 6.95. The summed E-state index contributed by atoms with van der Waals surface area (Å²) in [6.07, 6.45) is 0.354. The van der Waals surface area contributed by atoms with E-state index in [1.165, 1.54) is 0 Å². The molecule has 2 N–H and O–H groups in total. The summed E-state index contributed by atoms with van der Waals surface area (Å²) in [6, 6.07) is 5.38. The van der Waals surface area contributed by atoms with E-state index in [1.807, 2.05) is 15.5 Å². The average molecular weight is 452 g/mol. The standard InChI is InChI=1S/C17H21Cl3N4O2S/c1-2-13(25)21-15(17(18,19)20)22-16(27)23-7-10-6-11(9-23)12-4-3-5-14(26)24(12)8-10/h3-5,10-11,15H,2,6-9H2,1H3,(H,21,25)(H,22,27)/t10-,11-,15+/m0/s1. The highest BCUT2D eigenvalue weighted by Crippen LogP contribution is 2.35. The maximum absolute atomic E-state index is 12.1. The van der Waals surface area contributed by atoms with Crippen molar-refractivity contribution in [2.24, 2.45) is 5.92 Å². The molecule has 0 aliphatic carbocycles. The molecule has 3 rings (SSSR count). The third-order valence-corrected chi connectivity index (χ3v) is 6.02. The third-order valence-electron chi connectivity index (χ3n) is 4.99. The normalized spacial score (nSPS) is 22.6. The summed E-state index contributed by atoms with van der Waals surface area (Å²) in [4.78, 5) is 25.9. The van der Waals surface area contributed by atoms with E-state index in [9.17, 15) is 9.59 Å². The summed E-state index contributed by atoms with van der Waals surface area (Å²) < 4.78 is 0.110. The van der Waals surface area contributed by atoms with Gasteiger partial charge < -0.3 is 20.1 Å². The number of carbonyl (C=O) groups excluding carboxylic acids is 1. The number of likely N-dealkylation sites (tertiary alicyclic amines) is 1. The van der Waals surface area contributed by atoms with E-state index in [-0.39, 0.29) is 23.8 Å². The van der Waals surface area contributed by atoms with Crippen LogP contribution >= 0.6 is 47.0 Å². The SMILES string of the molecule is CCC(=O)N[C@H](NC(=S)N1C[C@@H]2C[C@@H](C1)c1cccc(=O)n1C2)C(Cl)(Cl)Cl. The lowest BCUT2D eigenvalue weighted by molar-refractivity contribution is -0.121. The monoisotopic (exact) mass is 450 g/mol. The van der Waals surface area contributed by atoms with Crippen molar-refractivity contribution in [2.75, 3.05) is 13.1 Å². The van der Waals surface area contributed by atoms with Crippen LogP contribution in [-0.2, 0) is 11.3 Å². The van der Waals surface area contributed by atoms with E-state index in [4.69, 9.17) is 47.0 Å². The number of nitrogens with zero attached hydrogens (tertiary/aromatic N) is 2. The maximum Gasteiger partial charge on any atom is 0.250 e. The van der Waals surface area contributed by atoms with Gasteiger partial charge in [-0.2, -0.15) is 0 Å². The average Bonchev–Trinajstić information content (AvgIpc) is 2.61. The number of rotatable bonds is 3. The summed E-state index contributed by atoms with van der Waals surface area (Å²) in [6.45, 7) is 3.76. The van der Waals surface area contributed by atoms with Crippen molar-refractivity contribution in [1.29, 1.82) is 0 Å². The summed E-state index contributed by atoms with van der Waals surface area (Å²) in [5, 5.41) is 6.04. The number of carbonyl (C=O) groups is 1. The first-order valence-electron chi connectivity index (χ1n) is 8.80. The smallest absolute Gasteiger partial charge is 0.250 e. The van der Waals surface area contributed by atoms with E-state index in [2.05, 4.69) is 10.6 Å². The van der Waals surface area contributed by atoms with Crippen molar-refractivity contribution in [2.45, 2.75) is 42.2 Å². The van der Waals surface area contributed by atoms with Crippen LogP contribution in [0.5, 0.6) is 0 Å². The quantitative estimate of drug-likeness (QED) is 0.420. The molecule has 0 unspecified atom stereocenters. The van der Waals surface area contributed by atoms with Crippen molar-refractivity contribution in [3.63, 3.8) is 0 Å². The Hall–Kier alpha value is -1.02. The van der Waals surface area contributed by atoms with Gasteiger partial charge >= 0.3 is 0 Å². The molecule has 10 heteroatoms. The van der Waals surface area contributed by atoms with Crippen LogP contribution in [0.3, 0.4) is 0 Å². The molecule has 27 heavy (non-hydrogen) atoms. The fourth-order valence-corrected chi connectivity index (χ4v) is 4.33. The number of pyridine rings is 1. The third kappa shape index (κ3) is 4.70. The number of piperidine rings is 1. The highest BCUT2D eigenvalue weighted by molar-refractivity contribution is 7.80. The topological polar surface area (TPSA) is 66.4 Å².